The molecule has 18 heavy (non-hydrogen) atoms. The molecule has 2 rings (SSSR count). The van der Waals surface area contributed by atoms with E-state index >= 15 is 0 Å². The Hall–Kier alpha value is -1.69. The second-order valence-corrected chi connectivity index (χ2v) is 4.91. The summed E-state index contributed by atoms with van der Waals surface area (Å²) < 4.78 is 2.07. The fourth-order valence-electron chi connectivity index (χ4n) is 1.75. The summed E-state index contributed by atoms with van der Waals surface area (Å²) in [5.74, 6) is 1.41. The van der Waals surface area contributed by atoms with Crippen LogP contribution in [0.2, 0.25) is 0 Å². The SMILES string of the molecule is CC(C)CNCc1ccn(Cc2nnn(C)n2)c1. The Bertz CT molecular complexity index is 484. The Morgan fingerprint density at radius 1 is 1.39 bits per heavy atom. The Labute approximate surface area is 107 Å². The van der Waals surface area contributed by atoms with Gasteiger partial charge in [-0.05, 0) is 29.3 Å². The molecular weight excluding hydrogens is 228 g/mol. The van der Waals surface area contributed by atoms with Gasteiger partial charge in [0.25, 0.3) is 0 Å². The zero-order valence-electron chi connectivity index (χ0n) is 11.2. The Balaban J connectivity index is 1.86. The first kappa shape index (κ1) is 12.8. The van der Waals surface area contributed by atoms with E-state index < -0.39 is 0 Å². The zero-order valence-corrected chi connectivity index (χ0v) is 11.2. The maximum atomic E-state index is 4.16. The van der Waals surface area contributed by atoms with Gasteiger partial charge in [0.2, 0.25) is 0 Å². The minimum Gasteiger partial charge on any atom is -0.346 e. The second-order valence-electron chi connectivity index (χ2n) is 4.91. The minimum absolute atomic E-state index is 0.665. The smallest absolute Gasteiger partial charge is 0.194 e. The lowest BCUT2D eigenvalue weighted by Gasteiger charge is -2.05. The number of rotatable bonds is 6. The van der Waals surface area contributed by atoms with Crippen LogP contribution in [0.3, 0.4) is 0 Å². The number of hydrogen-bond donors (Lipinski definition) is 1. The molecule has 0 unspecified atom stereocenters. The molecule has 0 spiro atoms. The molecule has 0 amide bonds. The van der Waals surface area contributed by atoms with E-state index in [1.807, 2.05) is 6.20 Å². The van der Waals surface area contributed by atoms with Crippen molar-refractivity contribution in [2.75, 3.05) is 6.54 Å². The molecule has 0 saturated heterocycles. The highest BCUT2D eigenvalue weighted by atomic mass is 15.6. The van der Waals surface area contributed by atoms with Crippen molar-refractivity contribution in [1.82, 2.24) is 30.1 Å². The zero-order chi connectivity index (χ0) is 13.0. The Morgan fingerprint density at radius 2 is 2.22 bits per heavy atom. The summed E-state index contributed by atoms with van der Waals surface area (Å²) in [5, 5.41) is 15.4. The van der Waals surface area contributed by atoms with Gasteiger partial charge in [0.15, 0.2) is 5.82 Å². The van der Waals surface area contributed by atoms with E-state index in [1.165, 1.54) is 10.4 Å². The van der Waals surface area contributed by atoms with Crippen LogP contribution in [-0.2, 0) is 20.1 Å². The predicted molar refractivity (Wildman–Crippen MR) is 68.9 cm³/mol. The quantitative estimate of drug-likeness (QED) is 0.821. The van der Waals surface area contributed by atoms with Crippen LogP contribution in [0.5, 0.6) is 0 Å². The molecule has 6 nitrogen and oxygen atoms in total. The van der Waals surface area contributed by atoms with E-state index in [0.717, 1.165) is 18.9 Å². The topological polar surface area (TPSA) is 60.6 Å². The van der Waals surface area contributed by atoms with Crippen LogP contribution in [0, 0.1) is 5.92 Å². The van der Waals surface area contributed by atoms with Gasteiger partial charge < -0.3 is 9.88 Å². The normalized spacial score (nSPS) is 11.3. The molecule has 2 heterocycles. The van der Waals surface area contributed by atoms with Crippen molar-refractivity contribution in [3.05, 3.63) is 29.8 Å². The van der Waals surface area contributed by atoms with Gasteiger partial charge in [0.05, 0.1) is 13.6 Å². The summed E-state index contributed by atoms with van der Waals surface area (Å²) in [6.07, 6.45) is 4.16. The molecule has 0 aliphatic heterocycles. The van der Waals surface area contributed by atoms with E-state index in [0.29, 0.717) is 12.5 Å². The molecule has 0 aliphatic carbocycles. The molecule has 0 saturated carbocycles. The number of aromatic nitrogens is 5. The van der Waals surface area contributed by atoms with E-state index in [-0.39, 0.29) is 0 Å². The molecule has 0 fully saturated rings. The first-order valence-electron chi connectivity index (χ1n) is 6.21. The number of tetrazole rings is 1. The summed E-state index contributed by atoms with van der Waals surface area (Å²) in [6.45, 7) is 7.02. The van der Waals surface area contributed by atoms with Crippen molar-refractivity contribution in [3.8, 4) is 0 Å². The Morgan fingerprint density at radius 3 is 2.89 bits per heavy atom. The van der Waals surface area contributed by atoms with Crippen LogP contribution in [0.4, 0.5) is 0 Å². The molecule has 0 radical (unpaired) electrons. The largest absolute Gasteiger partial charge is 0.346 e. The summed E-state index contributed by atoms with van der Waals surface area (Å²) in [5.41, 5.74) is 1.28. The molecule has 0 aliphatic rings. The molecule has 2 aromatic rings. The summed E-state index contributed by atoms with van der Waals surface area (Å²) in [7, 11) is 1.77. The van der Waals surface area contributed by atoms with Crippen molar-refractivity contribution in [3.63, 3.8) is 0 Å². The molecule has 0 bridgehead atoms. The number of aryl methyl sites for hydroxylation is 1. The lowest BCUT2D eigenvalue weighted by atomic mass is 10.2. The standard InChI is InChI=1S/C12H20N6/c1-10(2)6-13-7-11-4-5-18(8-11)9-12-14-16-17(3)15-12/h4-5,8,10,13H,6-7,9H2,1-3H3. The van der Waals surface area contributed by atoms with Gasteiger partial charge in [-0.25, -0.2) is 0 Å². The summed E-state index contributed by atoms with van der Waals surface area (Å²) in [4.78, 5) is 1.48. The van der Waals surface area contributed by atoms with Crippen molar-refractivity contribution in [2.24, 2.45) is 13.0 Å². The lowest BCUT2D eigenvalue weighted by molar-refractivity contribution is 0.552. The average molecular weight is 248 g/mol. The third-order valence-corrected chi connectivity index (χ3v) is 2.57. The highest BCUT2D eigenvalue weighted by Crippen LogP contribution is 2.03. The van der Waals surface area contributed by atoms with E-state index in [1.54, 1.807) is 7.05 Å². The molecule has 0 atom stereocenters. The minimum atomic E-state index is 0.665. The fraction of sp³-hybridized carbons (Fsp3) is 0.583. The molecule has 2 aromatic heterocycles. The van der Waals surface area contributed by atoms with Crippen molar-refractivity contribution < 1.29 is 0 Å². The average Bonchev–Trinajstić information content (AvgIpc) is 2.89. The Kier molecular flexibility index (Phi) is 4.09. The number of nitrogens with zero attached hydrogens (tertiary/aromatic N) is 5. The first-order valence-corrected chi connectivity index (χ1v) is 6.21. The highest BCUT2D eigenvalue weighted by molar-refractivity contribution is 5.10. The maximum absolute atomic E-state index is 4.16. The van der Waals surface area contributed by atoms with Crippen LogP contribution in [0.1, 0.15) is 25.2 Å². The van der Waals surface area contributed by atoms with Gasteiger partial charge in [0.1, 0.15) is 0 Å². The number of nitrogens with one attached hydrogen (secondary N) is 1. The van der Waals surface area contributed by atoms with Gasteiger partial charge in [-0.1, -0.05) is 13.8 Å². The van der Waals surface area contributed by atoms with E-state index in [4.69, 9.17) is 0 Å². The highest BCUT2D eigenvalue weighted by Gasteiger charge is 2.03. The van der Waals surface area contributed by atoms with Crippen LogP contribution in [-0.4, -0.2) is 31.3 Å². The predicted octanol–water partition coefficient (Wildman–Crippen LogP) is 0.805. The molecular formula is C12H20N6. The second kappa shape index (κ2) is 5.77. The summed E-state index contributed by atoms with van der Waals surface area (Å²) in [6, 6.07) is 2.11. The van der Waals surface area contributed by atoms with Crippen LogP contribution in [0.25, 0.3) is 0 Å². The van der Waals surface area contributed by atoms with E-state index in [2.05, 4.69) is 51.4 Å². The van der Waals surface area contributed by atoms with Crippen LogP contribution in [0.15, 0.2) is 18.5 Å². The van der Waals surface area contributed by atoms with Gasteiger partial charge in [0, 0.05) is 18.9 Å². The van der Waals surface area contributed by atoms with Crippen molar-refractivity contribution in [1.29, 1.82) is 0 Å². The lowest BCUT2D eigenvalue weighted by Crippen LogP contribution is -2.18. The third-order valence-electron chi connectivity index (χ3n) is 2.57. The van der Waals surface area contributed by atoms with Gasteiger partial charge in [-0.15, -0.1) is 10.2 Å². The van der Waals surface area contributed by atoms with Gasteiger partial charge in [-0.2, -0.15) is 4.80 Å². The van der Waals surface area contributed by atoms with Gasteiger partial charge >= 0.3 is 0 Å². The molecule has 0 aromatic carbocycles. The molecule has 6 heteroatoms. The van der Waals surface area contributed by atoms with Crippen LogP contribution < -0.4 is 5.32 Å². The van der Waals surface area contributed by atoms with Crippen LogP contribution >= 0.6 is 0 Å². The number of hydrogen-bond acceptors (Lipinski definition) is 4. The fourth-order valence-corrected chi connectivity index (χ4v) is 1.75. The molecule has 98 valence electrons. The maximum Gasteiger partial charge on any atom is 0.194 e. The first-order chi connectivity index (χ1) is 8.63. The van der Waals surface area contributed by atoms with Gasteiger partial charge in [-0.3, -0.25) is 0 Å². The third kappa shape index (κ3) is 3.66. The molecule has 1 N–H and O–H groups in total. The van der Waals surface area contributed by atoms with E-state index in [9.17, 15) is 0 Å². The summed E-state index contributed by atoms with van der Waals surface area (Å²) >= 11 is 0. The van der Waals surface area contributed by atoms with Crippen molar-refractivity contribution >= 4 is 0 Å². The van der Waals surface area contributed by atoms with Crippen molar-refractivity contribution in [2.45, 2.75) is 26.9 Å². The monoisotopic (exact) mass is 248 g/mol.